The number of nitrogens with zero attached hydrogens (tertiary/aromatic N) is 2. The highest BCUT2D eigenvalue weighted by atomic mass is 32.2. The molecule has 2 heterocycles. The molecule has 4 rings (SSSR count). The molecule has 0 spiro atoms. The Kier molecular flexibility index (Phi) is 5.50. The Morgan fingerprint density at radius 2 is 1.77 bits per heavy atom. The van der Waals surface area contributed by atoms with Gasteiger partial charge in [0, 0.05) is 30.7 Å². The van der Waals surface area contributed by atoms with Crippen molar-refractivity contribution in [3.05, 3.63) is 66.1 Å². The van der Waals surface area contributed by atoms with Gasteiger partial charge in [0.15, 0.2) is 0 Å². The third-order valence-corrected chi connectivity index (χ3v) is 7.29. The van der Waals surface area contributed by atoms with Gasteiger partial charge in [-0.05, 0) is 43.2 Å². The Balaban J connectivity index is 1.47. The Bertz CT molecular complexity index is 1250. The number of para-hydroxylation sites is 1. The first-order chi connectivity index (χ1) is 14.8. The lowest BCUT2D eigenvalue weighted by Crippen LogP contribution is -2.51. The van der Waals surface area contributed by atoms with Crippen LogP contribution >= 0.6 is 0 Å². The molecule has 0 aliphatic carbocycles. The fourth-order valence-corrected chi connectivity index (χ4v) is 5.48. The molecule has 2 amide bonds. The number of fused-ring (bicyclic) bond motifs is 1. The molecule has 0 radical (unpaired) electrons. The summed E-state index contributed by atoms with van der Waals surface area (Å²) >= 11 is 0. The minimum Gasteiger partial charge on any atom is -0.350 e. The van der Waals surface area contributed by atoms with Gasteiger partial charge in [-0.3, -0.25) is 20.4 Å². The van der Waals surface area contributed by atoms with Crippen molar-refractivity contribution in [1.82, 2.24) is 19.7 Å². The smallest absolute Gasteiger partial charge is 0.271 e. The summed E-state index contributed by atoms with van der Waals surface area (Å²) in [5, 5.41) is 0.734. The lowest BCUT2D eigenvalue weighted by molar-refractivity contribution is -0.125. The number of hydrogen-bond acceptors (Lipinski definition) is 4. The molecular formula is C21H21FN4O4S. The molecule has 1 fully saturated rings. The minimum atomic E-state index is -3.98. The monoisotopic (exact) mass is 444 g/mol. The van der Waals surface area contributed by atoms with Gasteiger partial charge in [0.05, 0.1) is 10.5 Å². The molecule has 1 saturated heterocycles. The maximum Gasteiger partial charge on any atom is 0.271 e. The largest absolute Gasteiger partial charge is 0.350 e. The van der Waals surface area contributed by atoms with Crippen LogP contribution in [0.5, 0.6) is 0 Å². The second kappa shape index (κ2) is 8.12. The number of aryl methyl sites for hydroxylation is 1. The van der Waals surface area contributed by atoms with Gasteiger partial charge in [0.1, 0.15) is 11.9 Å². The molecule has 1 aliphatic heterocycles. The summed E-state index contributed by atoms with van der Waals surface area (Å²) < 4.78 is 41.9. The van der Waals surface area contributed by atoms with Crippen LogP contribution in [0, 0.1) is 5.82 Å². The summed E-state index contributed by atoms with van der Waals surface area (Å²) in [6.07, 6.45) is 2.47. The molecule has 0 bridgehead atoms. The third kappa shape index (κ3) is 3.91. The van der Waals surface area contributed by atoms with Crippen molar-refractivity contribution in [3.8, 4) is 0 Å². The molecule has 1 aliphatic rings. The maximum absolute atomic E-state index is 13.2. The summed E-state index contributed by atoms with van der Waals surface area (Å²) in [5.74, 6) is -1.68. The summed E-state index contributed by atoms with van der Waals surface area (Å²) in [6, 6.07) is 10.8. The summed E-state index contributed by atoms with van der Waals surface area (Å²) in [5.41, 5.74) is 5.98. The number of hydrazine groups is 1. The summed E-state index contributed by atoms with van der Waals surface area (Å²) in [4.78, 5) is 25.2. The predicted molar refractivity (Wildman–Crippen MR) is 112 cm³/mol. The molecule has 0 saturated carbocycles. The lowest BCUT2D eigenvalue weighted by Gasteiger charge is -2.23. The van der Waals surface area contributed by atoms with Gasteiger partial charge in [-0.25, -0.2) is 12.8 Å². The van der Waals surface area contributed by atoms with Crippen molar-refractivity contribution in [2.75, 3.05) is 6.54 Å². The minimum absolute atomic E-state index is 0.0895. The molecule has 1 aromatic heterocycles. The van der Waals surface area contributed by atoms with E-state index in [1.54, 1.807) is 16.8 Å². The van der Waals surface area contributed by atoms with E-state index in [1.807, 2.05) is 25.2 Å². The molecule has 31 heavy (non-hydrogen) atoms. The molecule has 2 N–H and O–H groups in total. The molecule has 8 nitrogen and oxygen atoms in total. The number of amides is 2. The average molecular weight is 444 g/mol. The van der Waals surface area contributed by atoms with Gasteiger partial charge >= 0.3 is 0 Å². The first-order valence-electron chi connectivity index (χ1n) is 9.71. The molecule has 1 atom stereocenters. The van der Waals surface area contributed by atoms with Crippen LogP contribution in [-0.2, 0) is 21.9 Å². The van der Waals surface area contributed by atoms with E-state index in [-0.39, 0.29) is 11.4 Å². The van der Waals surface area contributed by atoms with E-state index >= 15 is 0 Å². The normalized spacial score (nSPS) is 17.0. The number of carbonyl (C=O) groups is 2. The van der Waals surface area contributed by atoms with Crippen molar-refractivity contribution in [2.45, 2.75) is 23.8 Å². The Labute approximate surface area is 178 Å². The maximum atomic E-state index is 13.2. The number of aromatic nitrogens is 1. The van der Waals surface area contributed by atoms with Gasteiger partial charge in [-0.2, -0.15) is 4.31 Å². The molecule has 3 aromatic rings. The van der Waals surface area contributed by atoms with Crippen molar-refractivity contribution in [2.24, 2.45) is 7.05 Å². The van der Waals surface area contributed by atoms with Gasteiger partial charge in [-0.1, -0.05) is 18.2 Å². The van der Waals surface area contributed by atoms with Crippen LogP contribution < -0.4 is 10.9 Å². The van der Waals surface area contributed by atoms with Gasteiger partial charge < -0.3 is 4.57 Å². The van der Waals surface area contributed by atoms with Crippen LogP contribution in [-0.4, -0.2) is 41.7 Å². The molecule has 162 valence electrons. The standard InChI is InChI=1S/C21H21FN4O4S/c1-25-13-17(16-5-2-3-6-18(16)25)20(27)23-24-21(28)19-7-4-12-26(19)31(29,30)15-10-8-14(22)9-11-15/h2-3,5-6,8-11,13,19H,4,7,12H2,1H3,(H,23,27)(H,24,28)/t19-/m0/s1. The second-order valence-electron chi connectivity index (χ2n) is 7.34. The zero-order valence-electron chi connectivity index (χ0n) is 16.7. The quantitative estimate of drug-likeness (QED) is 0.601. The Morgan fingerprint density at radius 1 is 1.06 bits per heavy atom. The van der Waals surface area contributed by atoms with Gasteiger partial charge in [0.2, 0.25) is 10.0 Å². The molecule has 10 heteroatoms. The number of halogens is 1. The lowest BCUT2D eigenvalue weighted by atomic mass is 10.2. The second-order valence-corrected chi connectivity index (χ2v) is 9.23. The SMILES string of the molecule is Cn1cc(C(=O)NNC(=O)[C@@H]2CCCN2S(=O)(=O)c2ccc(F)cc2)c2ccccc21. The number of rotatable bonds is 4. The van der Waals surface area contributed by atoms with Crippen molar-refractivity contribution >= 4 is 32.7 Å². The number of nitrogens with one attached hydrogen (secondary N) is 2. The van der Waals surface area contributed by atoms with E-state index < -0.39 is 33.7 Å². The fraction of sp³-hybridized carbons (Fsp3) is 0.238. The van der Waals surface area contributed by atoms with E-state index in [2.05, 4.69) is 10.9 Å². The first kappa shape index (κ1) is 21.0. The van der Waals surface area contributed by atoms with Crippen molar-refractivity contribution in [1.29, 1.82) is 0 Å². The third-order valence-electron chi connectivity index (χ3n) is 5.37. The first-order valence-corrected chi connectivity index (χ1v) is 11.1. The predicted octanol–water partition coefficient (Wildman–Crippen LogP) is 1.93. The Morgan fingerprint density at radius 3 is 2.52 bits per heavy atom. The molecule has 2 aromatic carbocycles. The zero-order chi connectivity index (χ0) is 22.2. The highest BCUT2D eigenvalue weighted by Crippen LogP contribution is 2.26. The van der Waals surface area contributed by atoms with Gasteiger partial charge in [-0.15, -0.1) is 0 Å². The van der Waals surface area contributed by atoms with Crippen molar-refractivity contribution in [3.63, 3.8) is 0 Å². The van der Waals surface area contributed by atoms with Crippen LogP contribution in [0.25, 0.3) is 10.9 Å². The van der Waals surface area contributed by atoms with Crippen LogP contribution in [0.3, 0.4) is 0 Å². The van der Waals surface area contributed by atoms with Crippen LogP contribution in [0.15, 0.2) is 59.6 Å². The topological polar surface area (TPSA) is 101 Å². The van der Waals surface area contributed by atoms with E-state index in [1.165, 1.54) is 12.1 Å². The number of sulfonamides is 1. The van der Waals surface area contributed by atoms with Gasteiger partial charge in [0.25, 0.3) is 11.8 Å². The van der Waals surface area contributed by atoms with E-state index in [9.17, 15) is 22.4 Å². The number of benzene rings is 2. The highest BCUT2D eigenvalue weighted by molar-refractivity contribution is 7.89. The average Bonchev–Trinajstić information content (AvgIpc) is 3.38. The van der Waals surface area contributed by atoms with Crippen LogP contribution in [0.1, 0.15) is 23.2 Å². The zero-order valence-corrected chi connectivity index (χ0v) is 17.5. The molecular weight excluding hydrogens is 423 g/mol. The Hall–Kier alpha value is -3.24. The molecule has 0 unspecified atom stereocenters. The fourth-order valence-electron chi connectivity index (χ4n) is 3.82. The van der Waals surface area contributed by atoms with E-state index in [0.29, 0.717) is 18.4 Å². The summed E-state index contributed by atoms with van der Waals surface area (Å²) in [6.45, 7) is 0.162. The number of carbonyl (C=O) groups excluding carboxylic acids is 2. The highest BCUT2D eigenvalue weighted by Gasteiger charge is 2.39. The van der Waals surface area contributed by atoms with Crippen molar-refractivity contribution < 1.29 is 22.4 Å². The van der Waals surface area contributed by atoms with E-state index in [0.717, 1.165) is 27.3 Å². The van der Waals surface area contributed by atoms with Crippen LogP contribution in [0.4, 0.5) is 4.39 Å². The van der Waals surface area contributed by atoms with E-state index in [4.69, 9.17) is 0 Å². The van der Waals surface area contributed by atoms with Crippen LogP contribution in [0.2, 0.25) is 0 Å². The summed E-state index contributed by atoms with van der Waals surface area (Å²) in [7, 11) is -2.16. The number of hydrogen-bond donors (Lipinski definition) is 2.